The molecule has 20 heavy (non-hydrogen) atoms. The largest absolute Gasteiger partial charge is 0.382 e. The van der Waals surface area contributed by atoms with Crippen molar-refractivity contribution in [3.05, 3.63) is 36.0 Å². The summed E-state index contributed by atoms with van der Waals surface area (Å²) in [5.41, 5.74) is 2.84. The lowest BCUT2D eigenvalue weighted by molar-refractivity contribution is -0.115. The van der Waals surface area contributed by atoms with E-state index < -0.39 is 0 Å². The van der Waals surface area contributed by atoms with Gasteiger partial charge in [-0.3, -0.25) is 10.1 Å². The van der Waals surface area contributed by atoms with Gasteiger partial charge < -0.3 is 14.7 Å². The summed E-state index contributed by atoms with van der Waals surface area (Å²) in [5.74, 6) is 0.272. The topological polar surface area (TPSA) is 70.4 Å². The lowest BCUT2D eigenvalue weighted by Crippen LogP contribution is -2.39. The van der Waals surface area contributed by atoms with E-state index in [1.165, 1.54) is 0 Å². The van der Waals surface area contributed by atoms with E-state index in [1.54, 1.807) is 6.07 Å². The molecule has 0 unspecified atom stereocenters. The van der Waals surface area contributed by atoms with E-state index in [0.717, 1.165) is 30.2 Å². The van der Waals surface area contributed by atoms with E-state index in [9.17, 15) is 4.79 Å². The molecule has 1 amide bonds. The summed E-state index contributed by atoms with van der Waals surface area (Å²) in [7, 11) is 0. The lowest BCUT2D eigenvalue weighted by Gasteiger charge is -2.31. The van der Waals surface area contributed by atoms with Crippen LogP contribution in [0.3, 0.4) is 0 Å². The van der Waals surface area contributed by atoms with Crippen molar-refractivity contribution in [2.24, 2.45) is 0 Å². The predicted octanol–water partition coefficient (Wildman–Crippen LogP) is 1.85. The van der Waals surface area contributed by atoms with Crippen molar-refractivity contribution >= 4 is 23.2 Å². The smallest absolute Gasteiger partial charge is 0.246 e. The van der Waals surface area contributed by atoms with Crippen molar-refractivity contribution in [2.45, 2.75) is 6.92 Å². The Hall–Kier alpha value is -2.50. The highest BCUT2D eigenvalue weighted by Crippen LogP contribution is 2.28. The zero-order chi connectivity index (χ0) is 13.9. The van der Waals surface area contributed by atoms with E-state index in [-0.39, 0.29) is 5.91 Å². The second kappa shape index (κ2) is 5.24. The summed E-state index contributed by atoms with van der Waals surface area (Å²) < 4.78 is 4.98. The van der Waals surface area contributed by atoms with Gasteiger partial charge in [0.05, 0.1) is 23.6 Å². The third-order valence-electron chi connectivity index (χ3n) is 3.17. The van der Waals surface area contributed by atoms with Crippen molar-refractivity contribution in [1.82, 2.24) is 5.16 Å². The molecule has 1 aliphatic heterocycles. The number of amides is 1. The van der Waals surface area contributed by atoms with Crippen LogP contribution in [0.4, 0.5) is 17.3 Å². The van der Waals surface area contributed by atoms with E-state index in [1.807, 2.05) is 36.1 Å². The second-order valence-corrected chi connectivity index (χ2v) is 4.75. The van der Waals surface area contributed by atoms with Crippen LogP contribution in [0.15, 0.2) is 34.9 Å². The molecule has 0 aliphatic carbocycles. The van der Waals surface area contributed by atoms with Crippen molar-refractivity contribution in [1.29, 1.82) is 0 Å². The van der Waals surface area contributed by atoms with Gasteiger partial charge in [0.1, 0.15) is 0 Å². The molecule has 0 fully saturated rings. The van der Waals surface area contributed by atoms with Crippen LogP contribution in [-0.4, -0.2) is 30.7 Å². The number of aromatic nitrogens is 1. The van der Waals surface area contributed by atoms with Gasteiger partial charge in [-0.2, -0.15) is 0 Å². The second-order valence-electron chi connectivity index (χ2n) is 4.75. The zero-order valence-electron chi connectivity index (χ0n) is 11.2. The molecule has 1 aromatic carbocycles. The van der Waals surface area contributed by atoms with Crippen LogP contribution >= 0.6 is 0 Å². The van der Waals surface area contributed by atoms with Gasteiger partial charge in [0.25, 0.3) is 0 Å². The number of carbonyl (C=O) groups is 1. The number of fused-ring (bicyclic) bond motifs is 1. The average Bonchev–Trinajstić information content (AvgIpc) is 2.84. The number of carbonyl (C=O) groups excluding carboxylic acids is 1. The SMILES string of the molecule is Cc1cc(NC(=O)CN2CCNc3ccccc32)on1. The minimum absolute atomic E-state index is 0.113. The van der Waals surface area contributed by atoms with Crippen LogP contribution in [0.1, 0.15) is 5.69 Å². The number of para-hydroxylation sites is 2. The molecule has 1 aromatic heterocycles. The van der Waals surface area contributed by atoms with E-state index in [4.69, 9.17) is 4.52 Å². The number of anilines is 3. The Kier molecular flexibility index (Phi) is 3.28. The molecule has 2 aromatic rings. The van der Waals surface area contributed by atoms with Gasteiger partial charge in [0.15, 0.2) is 0 Å². The van der Waals surface area contributed by atoms with E-state index in [0.29, 0.717) is 12.4 Å². The number of nitrogens with zero attached hydrogens (tertiary/aromatic N) is 2. The van der Waals surface area contributed by atoms with E-state index in [2.05, 4.69) is 15.8 Å². The highest BCUT2D eigenvalue weighted by Gasteiger charge is 2.18. The first-order valence-corrected chi connectivity index (χ1v) is 6.53. The van der Waals surface area contributed by atoms with Crippen LogP contribution in [0.5, 0.6) is 0 Å². The molecule has 0 radical (unpaired) electrons. The number of nitrogens with one attached hydrogen (secondary N) is 2. The first-order valence-electron chi connectivity index (χ1n) is 6.53. The summed E-state index contributed by atoms with van der Waals surface area (Å²) in [4.78, 5) is 14.1. The van der Waals surface area contributed by atoms with Gasteiger partial charge in [-0.25, -0.2) is 0 Å². The molecule has 1 aliphatic rings. The molecule has 0 saturated heterocycles. The van der Waals surface area contributed by atoms with Crippen LogP contribution in [0.25, 0.3) is 0 Å². The number of hydrogen-bond acceptors (Lipinski definition) is 5. The Labute approximate surface area is 116 Å². The Morgan fingerprint density at radius 3 is 3.15 bits per heavy atom. The van der Waals surface area contributed by atoms with Gasteiger partial charge in [-0.05, 0) is 19.1 Å². The zero-order valence-corrected chi connectivity index (χ0v) is 11.2. The Morgan fingerprint density at radius 2 is 2.35 bits per heavy atom. The lowest BCUT2D eigenvalue weighted by atomic mass is 10.2. The number of benzene rings is 1. The number of aryl methyl sites for hydroxylation is 1. The fourth-order valence-corrected chi connectivity index (χ4v) is 2.28. The molecular formula is C14H16N4O2. The Morgan fingerprint density at radius 1 is 1.50 bits per heavy atom. The summed E-state index contributed by atoms with van der Waals surface area (Å²) >= 11 is 0. The first kappa shape index (κ1) is 12.5. The summed E-state index contributed by atoms with van der Waals surface area (Å²) in [6.45, 7) is 3.72. The van der Waals surface area contributed by atoms with Crippen LogP contribution < -0.4 is 15.5 Å². The molecular weight excluding hydrogens is 256 g/mol. The molecule has 104 valence electrons. The fourth-order valence-electron chi connectivity index (χ4n) is 2.28. The normalized spacial score (nSPS) is 13.6. The number of rotatable bonds is 3. The molecule has 2 heterocycles. The molecule has 2 N–H and O–H groups in total. The summed E-state index contributed by atoms with van der Waals surface area (Å²) in [6, 6.07) is 9.67. The molecule has 0 atom stereocenters. The monoisotopic (exact) mass is 272 g/mol. The van der Waals surface area contributed by atoms with Crippen molar-refractivity contribution in [2.75, 3.05) is 35.2 Å². The average molecular weight is 272 g/mol. The summed E-state index contributed by atoms with van der Waals surface area (Å²) in [5, 5.41) is 9.77. The molecule has 6 heteroatoms. The molecule has 0 bridgehead atoms. The third kappa shape index (κ3) is 2.59. The van der Waals surface area contributed by atoms with Crippen LogP contribution in [0.2, 0.25) is 0 Å². The Bertz CT molecular complexity index is 623. The highest BCUT2D eigenvalue weighted by atomic mass is 16.5. The van der Waals surface area contributed by atoms with Crippen molar-refractivity contribution < 1.29 is 9.32 Å². The standard InChI is InChI=1S/C14H16N4O2/c1-10-8-14(20-17-10)16-13(19)9-18-7-6-15-11-4-2-3-5-12(11)18/h2-5,8,15H,6-7,9H2,1H3,(H,16,19). The molecule has 0 spiro atoms. The minimum atomic E-state index is -0.113. The van der Waals surface area contributed by atoms with Gasteiger partial charge in [-0.1, -0.05) is 17.3 Å². The van der Waals surface area contributed by atoms with Gasteiger partial charge in [0, 0.05) is 19.2 Å². The molecule has 6 nitrogen and oxygen atoms in total. The Balaban J connectivity index is 1.68. The molecule has 3 rings (SSSR count). The van der Waals surface area contributed by atoms with Crippen LogP contribution in [0, 0.1) is 6.92 Å². The van der Waals surface area contributed by atoms with Gasteiger partial charge in [-0.15, -0.1) is 0 Å². The minimum Gasteiger partial charge on any atom is -0.382 e. The fraction of sp³-hybridized carbons (Fsp3) is 0.286. The highest BCUT2D eigenvalue weighted by molar-refractivity contribution is 5.93. The maximum Gasteiger partial charge on any atom is 0.246 e. The number of hydrogen-bond donors (Lipinski definition) is 2. The summed E-state index contributed by atoms with van der Waals surface area (Å²) in [6.07, 6.45) is 0. The maximum atomic E-state index is 12.0. The predicted molar refractivity (Wildman–Crippen MR) is 77.0 cm³/mol. The quantitative estimate of drug-likeness (QED) is 0.892. The van der Waals surface area contributed by atoms with Gasteiger partial charge in [0.2, 0.25) is 11.8 Å². The van der Waals surface area contributed by atoms with Crippen molar-refractivity contribution in [3.63, 3.8) is 0 Å². The third-order valence-corrected chi connectivity index (χ3v) is 3.17. The van der Waals surface area contributed by atoms with Crippen molar-refractivity contribution in [3.8, 4) is 0 Å². The first-order chi connectivity index (χ1) is 9.72. The van der Waals surface area contributed by atoms with E-state index >= 15 is 0 Å². The van der Waals surface area contributed by atoms with Crippen LogP contribution in [-0.2, 0) is 4.79 Å². The van der Waals surface area contributed by atoms with Gasteiger partial charge >= 0.3 is 0 Å². The maximum absolute atomic E-state index is 12.0. The molecule has 0 saturated carbocycles.